The maximum absolute atomic E-state index is 3.94. The van der Waals surface area contributed by atoms with E-state index >= 15 is 0 Å². The van der Waals surface area contributed by atoms with E-state index in [4.69, 9.17) is 0 Å². The predicted octanol–water partition coefficient (Wildman–Crippen LogP) is 1.78. The highest BCUT2D eigenvalue weighted by Gasteiger charge is 2.34. The molecule has 0 aliphatic carbocycles. The molecular weight excluding hydrogens is 172 g/mol. The molecule has 0 spiro atoms. The van der Waals surface area contributed by atoms with Crippen molar-refractivity contribution in [2.45, 2.75) is 44.7 Å². The summed E-state index contributed by atoms with van der Waals surface area (Å²) < 4.78 is 0. The predicted molar refractivity (Wildman–Crippen MR) is 60.4 cm³/mol. The molecule has 2 atom stereocenters. The molecule has 2 rings (SSSR count). The molecule has 2 heterocycles. The monoisotopic (exact) mass is 194 g/mol. The van der Waals surface area contributed by atoms with E-state index in [1.807, 2.05) is 0 Å². The minimum Gasteiger partial charge on any atom is -0.309 e. The summed E-state index contributed by atoms with van der Waals surface area (Å²) in [6.07, 6.45) is 5.56. The molecule has 80 valence electrons. The van der Waals surface area contributed by atoms with Gasteiger partial charge in [0.15, 0.2) is 0 Å². The standard InChI is InChI=1S/C12H22N2/c1-10(2)9-13-11-6-8-14-7-4-3-5-12(11)14/h11-13H,1,3-9H2,2H3. The van der Waals surface area contributed by atoms with Gasteiger partial charge in [-0.05, 0) is 32.7 Å². The van der Waals surface area contributed by atoms with Crippen LogP contribution in [0, 0.1) is 0 Å². The Labute approximate surface area is 87.4 Å². The summed E-state index contributed by atoms with van der Waals surface area (Å²) in [5, 5.41) is 3.64. The summed E-state index contributed by atoms with van der Waals surface area (Å²) in [4.78, 5) is 2.67. The van der Waals surface area contributed by atoms with E-state index in [0.29, 0.717) is 0 Å². The third kappa shape index (κ3) is 2.18. The molecule has 2 nitrogen and oxygen atoms in total. The van der Waals surface area contributed by atoms with Crippen molar-refractivity contribution < 1.29 is 0 Å². The van der Waals surface area contributed by atoms with Crippen LogP contribution < -0.4 is 5.32 Å². The minimum atomic E-state index is 0.729. The van der Waals surface area contributed by atoms with E-state index < -0.39 is 0 Å². The number of piperidine rings is 1. The van der Waals surface area contributed by atoms with Gasteiger partial charge >= 0.3 is 0 Å². The molecule has 0 radical (unpaired) electrons. The molecule has 2 saturated heterocycles. The highest BCUT2D eigenvalue weighted by Crippen LogP contribution is 2.26. The number of nitrogens with zero attached hydrogens (tertiary/aromatic N) is 1. The Morgan fingerprint density at radius 3 is 3.00 bits per heavy atom. The molecular formula is C12H22N2. The molecule has 1 N–H and O–H groups in total. The number of rotatable bonds is 3. The summed E-state index contributed by atoms with van der Waals surface area (Å²) >= 11 is 0. The van der Waals surface area contributed by atoms with Gasteiger partial charge < -0.3 is 5.32 Å². The van der Waals surface area contributed by atoms with Crippen molar-refractivity contribution in [2.24, 2.45) is 0 Å². The van der Waals surface area contributed by atoms with Crippen LogP contribution in [0.3, 0.4) is 0 Å². The fraction of sp³-hybridized carbons (Fsp3) is 0.833. The van der Waals surface area contributed by atoms with Crippen molar-refractivity contribution in [3.05, 3.63) is 12.2 Å². The topological polar surface area (TPSA) is 15.3 Å². The molecule has 2 fully saturated rings. The lowest BCUT2D eigenvalue weighted by molar-refractivity contribution is 0.181. The first-order valence-electron chi connectivity index (χ1n) is 5.89. The van der Waals surface area contributed by atoms with Gasteiger partial charge in [0.05, 0.1) is 0 Å². The van der Waals surface area contributed by atoms with Crippen LogP contribution in [0.4, 0.5) is 0 Å². The first-order chi connectivity index (χ1) is 6.77. The van der Waals surface area contributed by atoms with Gasteiger partial charge in [-0.25, -0.2) is 0 Å². The Kier molecular flexibility index (Phi) is 3.24. The zero-order valence-corrected chi connectivity index (χ0v) is 9.26. The van der Waals surface area contributed by atoms with Crippen molar-refractivity contribution >= 4 is 0 Å². The van der Waals surface area contributed by atoms with Gasteiger partial charge in [0.25, 0.3) is 0 Å². The van der Waals surface area contributed by atoms with Crippen LogP contribution in [0.15, 0.2) is 12.2 Å². The van der Waals surface area contributed by atoms with Crippen LogP contribution in [0.1, 0.15) is 32.6 Å². The first kappa shape index (κ1) is 10.2. The Morgan fingerprint density at radius 1 is 1.36 bits per heavy atom. The van der Waals surface area contributed by atoms with Gasteiger partial charge in [-0.15, -0.1) is 0 Å². The Morgan fingerprint density at radius 2 is 2.21 bits per heavy atom. The van der Waals surface area contributed by atoms with Gasteiger partial charge in [-0.1, -0.05) is 18.6 Å². The van der Waals surface area contributed by atoms with Gasteiger partial charge in [0.1, 0.15) is 0 Å². The Balaban J connectivity index is 1.84. The lowest BCUT2D eigenvalue weighted by atomic mass is 9.99. The number of hydrogen-bond acceptors (Lipinski definition) is 2. The lowest BCUT2D eigenvalue weighted by Crippen LogP contribution is -2.45. The molecule has 0 aromatic rings. The van der Waals surface area contributed by atoms with Gasteiger partial charge in [-0.3, -0.25) is 4.90 Å². The van der Waals surface area contributed by atoms with Crippen LogP contribution in [-0.4, -0.2) is 36.6 Å². The van der Waals surface area contributed by atoms with E-state index in [1.54, 1.807) is 0 Å². The maximum Gasteiger partial charge on any atom is 0.0249 e. The fourth-order valence-electron chi connectivity index (χ4n) is 2.79. The molecule has 0 aromatic carbocycles. The van der Waals surface area contributed by atoms with Gasteiger partial charge in [0, 0.05) is 25.2 Å². The number of hydrogen-bond donors (Lipinski definition) is 1. The number of fused-ring (bicyclic) bond motifs is 1. The average Bonchev–Trinajstić information content (AvgIpc) is 2.58. The molecule has 2 heteroatoms. The van der Waals surface area contributed by atoms with Gasteiger partial charge in [0.2, 0.25) is 0 Å². The minimum absolute atomic E-state index is 0.729. The second-order valence-corrected chi connectivity index (χ2v) is 4.83. The van der Waals surface area contributed by atoms with Crippen LogP contribution in [0.25, 0.3) is 0 Å². The summed E-state index contributed by atoms with van der Waals surface area (Å²) in [5.41, 5.74) is 1.25. The van der Waals surface area contributed by atoms with Crippen molar-refractivity contribution in [1.29, 1.82) is 0 Å². The van der Waals surface area contributed by atoms with Crippen molar-refractivity contribution in [3.8, 4) is 0 Å². The molecule has 0 amide bonds. The van der Waals surface area contributed by atoms with Gasteiger partial charge in [-0.2, -0.15) is 0 Å². The second kappa shape index (κ2) is 4.45. The van der Waals surface area contributed by atoms with Crippen LogP contribution in [0.2, 0.25) is 0 Å². The third-order valence-electron chi connectivity index (χ3n) is 3.52. The highest BCUT2D eigenvalue weighted by atomic mass is 15.2. The lowest BCUT2D eigenvalue weighted by Gasteiger charge is -2.32. The summed E-state index contributed by atoms with van der Waals surface area (Å²) in [6.45, 7) is 9.67. The van der Waals surface area contributed by atoms with E-state index in [2.05, 4.69) is 23.7 Å². The quantitative estimate of drug-likeness (QED) is 0.689. The van der Waals surface area contributed by atoms with Crippen LogP contribution in [-0.2, 0) is 0 Å². The molecule has 14 heavy (non-hydrogen) atoms. The molecule has 0 bridgehead atoms. The molecule has 0 aromatic heterocycles. The number of nitrogens with one attached hydrogen (secondary N) is 1. The summed E-state index contributed by atoms with van der Waals surface area (Å²) in [6, 6.07) is 1.55. The maximum atomic E-state index is 3.94. The zero-order chi connectivity index (χ0) is 9.97. The first-order valence-corrected chi connectivity index (χ1v) is 5.89. The van der Waals surface area contributed by atoms with E-state index in [1.165, 1.54) is 44.3 Å². The van der Waals surface area contributed by atoms with E-state index in [9.17, 15) is 0 Å². The largest absolute Gasteiger partial charge is 0.309 e. The molecule has 2 unspecified atom stereocenters. The molecule has 0 saturated carbocycles. The highest BCUT2D eigenvalue weighted by molar-refractivity contribution is 4.98. The van der Waals surface area contributed by atoms with Crippen molar-refractivity contribution in [1.82, 2.24) is 10.2 Å². The van der Waals surface area contributed by atoms with E-state index in [-0.39, 0.29) is 0 Å². The Bertz CT molecular complexity index is 212. The SMILES string of the molecule is C=C(C)CNC1CCN2CCCCC12. The fourth-order valence-corrected chi connectivity index (χ4v) is 2.79. The normalized spacial score (nSPS) is 32.9. The van der Waals surface area contributed by atoms with Crippen molar-refractivity contribution in [3.63, 3.8) is 0 Å². The van der Waals surface area contributed by atoms with E-state index in [0.717, 1.165) is 18.6 Å². The van der Waals surface area contributed by atoms with Crippen LogP contribution in [0.5, 0.6) is 0 Å². The smallest absolute Gasteiger partial charge is 0.0249 e. The summed E-state index contributed by atoms with van der Waals surface area (Å²) in [5.74, 6) is 0. The Hall–Kier alpha value is -0.340. The third-order valence-corrected chi connectivity index (χ3v) is 3.52. The molecule has 2 aliphatic rings. The molecule has 2 aliphatic heterocycles. The van der Waals surface area contributed by atoms with Crippen LogP contribution >= 0.6 is 0 Å². The summed E-state index contributed by atoms with van der Waals surface area (Å²) in [7, 11) is 0. The second-order valence-electron chi connectivity index (χ2n) is 4.83. The zero-order valence-electron chi connectivity index (χ0n) is 9.26. The van der Waals surface area contributed by atoms with Crippen molar-refractivity contribution in [2.75, 3.05) is 19.6 Å². The average molecular weight is 194 g/mol.